The molecule has 2 heterocycles. The van der Waals surface area contributed by atoms with Crippen LogP contribution in [-0.2, 0) is 13.2 Å². The van der Waals surface area contributed by atoms with Gasteiger partial charge in [0.25, 0.3) is 0 Å². The van der Waals surface area contributed by atoms with Crippen LogP contribution in [0.5, 0.6) is 0 Å². The Hall–Kier alpha value is -2.73. The number of aliphatic hydroxyl groups is 1. The fraction of sp³-hybridized carbons (Fsp3) is 0.133. The number of benzene rings is 1. The standard InChI is InChI=1S/C15H13N3O3/c19-10-12-5-3-11(4-6-12)9-18-14(17-21-15(18)20)13-2-1-7-16-8-13/h1-8,19H,9-10H2. The molecule has 0 spiro atoms. The predicted molar refractivity (Wildman–Crippen MR) is 75.5 cm³/mol. The predicted octanol–water partition coefficient (Wildman–Crippen LogP) is 1.44. The second-order valence-electron chi connectivity index (χ2n) is 4.57. The van der Waals surface area contributed by atoms with Gasteiger partial charge in [-0.25, -0.2) is 4.79 Å². The van der Waals surface area contributed by atoms with Crippen molar-refractivity contribution in [3.63, 3.8) is 0 Å². The molecule has 0 saturated heterocycles. The van der Waals surface area contributed by atoms with Gasteiger partial charge in [0.1, 0.15) is 0 Å². The molecule has 1 aromatic carbocycles. The number of hydrogen-bond acceptors (Lipinski definition) is 5. The SMILES string of the molecule is O=c1onc(-c2cccnc2)n1Cc1ccc(CO)cc1. The first-order valence-corrected chi connectivity index (χ1v) is 6.43. The lowest BCUT2D eigenvalue weighted by Gasteiger charge is -2.05. The molecule has 6 heteroatoms. The van der Waals surface area contributed by atoms with Gasteiger partial charge in [-0.05, 0) is 23.3 Å². The van der Waals surface area contributed by atoms with Crippen molar-refractivity contribution in [3.05, 3.63) is 70.5 Å². The zero-order valence-electron chi connectivity index (χ0n) is 11.1. The van der Waals surface area contributed by atoms with Crippen molar-refractivity contribution in [1.82, 2.24) is 14.7 Å². The van der Waals surface area contributed by atoms with Crippen LogP contribution in [0.25, 0.3) is 11.4 Å². The van der Waals surface area contributed by atoms with E-state index in [0.29, 0.717) is 12.4 Å². The van der Waals surface area contributed by atoms with Crippen molar-refractivity contribution in [1.29, 1.82) is 0 Å². The van der Waals surface area contributed by atoms with E-state index in [1.807, 2.05) is 30.3 Å². The molecule has 0 aliphatic carbocycles. The van der Waals surface area contributed by atoms with Gasteiger partial charge in [0.05, 0.1) is 13.2 Å². The smallest absolute Gasteiger partial charge is 0.392 e. The minimum Gasteiger partial charge on any atom is -0.392 e. The minimum absolute atomic E-state index is 0.00553. The van der Waals surface area contributed by atoms with Crippen molar-refractivity contribution < 1.29 is 9.63 Å². The molecule has 0 radical (unpaired) electrons. The molecule has 3 rings (SSSR count). The molecule has 1 N–H and O–H groups in total. The fourth-order valence-corrected chi connectivity index (χ4v) is 2.04. The van der Waals surface area contributed by atoms with Crippen LogP contribution in [0.1, 0.15) is 11.1 Å². The highest BCUT2D eigenvalue weighted by Gasteiger charge is 2.13. The molecule has 0 bridgehead atoms. The van der Waals surface area contributed by atoms with Gasteiger partial charge in [0.15, 0.2) is 5.82 Å². The average molecular weight is 283 g/mol. The van der Waals surface area contributed by atoms with Crippen molar-refractivity contribution in [2.75, 3.05) is 0 Å². The number of aromatic nitrogens is 3. The quantitative estimate of drug-likeness (QED) is 0.783. The third-order valence-electron chi connectivity index (χ3n) is 3.15. The van der Waals surface area contributed by atoms with Gasteiger partial charge in [0, 0.05) is 18.0 Å². The van der Waals surface area contributed by atoms with E-state index in [9.17, 15) is 4.79 Å². The van der Waals surface area contributed by atoms with Crippen molar-refractivity contribution >= 4 is 0 Å². The third kappa shape index (κ3) is 2.75. The van der Waals surface area contributed by atoms with Crippen molar-refractivity contribution in [2.45, 2.75) is 13.2 Å². The summed E-state index contributed by atoms with van der Waals surface area (Å²) in [5.74, 6) is -0.0700. The van der Waals surface area contributed by atoms with Crippen LogP contribution in [-0.4, -0.2) is 19.8 Å². The van der Waals surface area contributed by atoms with Gasteiger partial charge >= 0.3 is 5.76 Å². The van der Waals surface area contributed by atoms with E-state index < -0.39 is 5.76 Å². The van der Waals surface area contributed by atoms with Gasteiger partial charge in [-0.3, -0.25) is 14.1 Å². The summed E-state index contributed by atoms with van der Waals surface area (Å²) < 4.78 is 6.21. The summed E-state index contributed by atoms with van der Waals surface area (Å²) in [6.45, 7) is 0.340. The van der Waals surface area contributed by atoms with Crippen LogP contribution < -0.4 is 5.76 Å². The molecule has 6 nitrogen and oxygen atoms in total. The second-order valence-corrected chi connectivity index (χ2v) is 4.57. The van der Waals surface area contributed by atoms with E-state index in [4.69, 9.17) is 9.63 Å². The Morgan fingerprint density at radius 1 is 1.14 bits per heavy atom. The highest BCUT2D eigenvalue weighted by molar-refractivity contribution is 5.52. The molecule has 0 amide bonds. The summed E-state index contributed by atoms with van der Waals surface area (Å²) in [6.07, 6.45) is 3.28. The molecule has 0 atom stereocenters. The Morgan fingerprint density at radius 3 is 2.57 bits per heavy atom. The Morgan fingerprint density at radius 2 is 1.90 bits per heavy atom. The van der Waals surface area contributed by atoms with Crippen molar-refractivity contribution in [2.24, 2.45) is 0 Å². The van der Waals surface area contributed by atoms with Crippen LogP contribution >= 0.6 is 0 Å². The lowest BCUT2D eigenvalue weighted by Crippen LogP contribution is -2.16. The lowest BCUT2D eigenvalue weighted by molar-refractivity contribution is 0.282. The van der Waals surface area contributed by atoms with Gasteiger partial charge in [-0.15, -0.1) is 0 Å². The van der Waals surface area contributed by atoms with Crippen LogP contribution in [0, 0.1) is 0 Å². The second kappa shape index (κ2) is 5.72. The summed E-state index contributed by atoms with van der Waals surface area (Å²) in [4.78, 5) is 15.8. The number of rotatable bonds is 4. The molecule has 0 aliphatic rings. The monoisotopic (exact) mass is 283 g/mol. The number of pyridine rings is 1. The summed E-state index contributed by atoms with van der Waals surface area (Å²) in [6, 6.07) is 10.9. The topological polar surface area (TPSA) is 81.2 Å². The van der Waals surface area contributed by atoms with Crippen LogP contribution in [0.15, 0.2) is 58.1 Å². The first-order chi connectivity index (χ1) is 10.3. The average Bonchev–Trinajstić information content (AvgIpc) is 2.90. The van der Waals surface area contributed by atoms with Gasteiger partial charge in [-0.2, -0.15) is 0 Å². The molecule has 0 aliphatic heterocycles. The maximum absolute atomic E-state index is 11.8. The number of nitrogens with zero attached hydrogens (tertiary/aromatic N) is 3. The Bertz CT molecular complexity index is 776. The van der Waals surface area contributed by atoms with E-state index in [1.54, 1.807) is 18.5 Å². The summed E-state index contributed by atoms with van der Waals surface area (Å²) in [5.41, 5.74) is 2.46. The molecule has 0 saturated carbocycles. The molecule has 3 aromatic rings. The van der Waals surface area contributed by atoms with E-state index in [2.05, 4.69) is 10.1 Å². The number of hydrogen-bond donors (Lipinski definition) is 1. The highest BCUT2D eigenvalue weighted by Crippen LogP contribution is 2.15. The molecular weight excluding hydrogens is 270 g/mol. The summed E-state index contributed by atoms with van der Waals surface area (Å²) in [7, 11) is 0. The van der Waals surface area contributed by atoms with Crippen molar-refractivity contribution in [3.8, 4) is 11.4 Å². The maximum atomic E-state index is 11.8. The molecule has 0 fully saturated rings. The fourth-order valence-electron chi connectivity index (χ4n) is 2.04. The van der Waals surface area contributed by atoms with Crippen LogP contribution in [0.2, 0.25) is 0 Å². The summed E-state index contributed by atoms with van der Waals surface area (Å²) in [5, 5.41) is 12.8. The zero-order chi connectivity index (χ0) is 14.7. The van der Waals surface area contributed by atoms with E-state index in [1.165, 1.54) is 4.57 Å². The lowest BCUT2D eigenvalue weighted by atomic mass is 10.1. The summed E-state index contributed by atoms with van der Waals surface area (Å²) >= 11 is 0. The van der Waals surface area contributed by atoms with E-state index in [-0.39, 0.29) is 6.61 Å². The molecule has 106 valence electrons. The maximum Gasteiger partial charge on any atom is 0.442 e. The Balaban J connectivity index is 1.95. The molecular formula is C15H13N3O3. The first-order valence-electron chi connectivity index (χ1n) is 6.43. The largest absolute Gasteiger partial charge is 0.442 e. The van der Waals surface area contributed by atoms with E-state index >= 15 is 0 Å². The molecule has 21 heavy (non-hydrogen) atoms. The highest BCUT2D eigenvalue weighted by atomic mass is 16.5. The molecule has 2 aromatic heterocycles. The van der Waals surface area contributed by atoms with Gasteiger partial charge < -0.3 is 5.11 Å². The molecule has 0 unspecified atom stereocenters. The first kappa shape index (κ1) is 13.3. The minimum atomic E-state index is -0.514. The van der Waals surface area contributed by atoms with Crippen LogP contribution in [0.3, 0.4) is 0 Å². The third-order valence-corrected chi connectivity index (χ3v) is 3.15. The van der Waals surface area contributed by atoms with Gasteiger partial charge in [0.2, 0.25) is 0 Å². The Labute approximate surface area is 120 Å². The van der Waals surface area contributed by atoms with Crippen LogP contribution in [0.4, 0.5) is 0 Å². The normalized spacial score (nSPS) is 10.7. The number of aliphatic hydroxyl groups excluding tert-OH is 1. The van der Waals surface area contributed by atoms with Gasteiger partial charge in [-0.1, -0.05) is 29.4 Å². The zero-order valence-corrected chi connectivity index (χ0v) is 11.1. The Kier molecular flexibility index (Phi) is 3.61. The van der Waals surface area contributed by atoms with E-state index in [0.717, 1.165) is 16.7 Å².